The van der Waals surface area contributed by atoms with E-state index in [0.29, 0.717) is 23.7 Å². The molecule has 0 aliphatic heterocycles. The molecule has 0 fully saturated rings. The molecule has 0 aliphatic carbocycles. The van der Waals surface area contributed by atoms with E-state index >= 15 is 0 Å². The van der Waals surface area contributed by atoms with E-state index in [0.717, 1.165) is 17.3 Å². The molecule has 4 heteroatoms. The van der Waals surface area contributed by atoms with Gasteiger partial charge in [0.2, 0.25) is 0 Å². The van der Waals surface area contributed by atoms with Crippen molar-refractivity contribution in [3.8, 4) is 17.6 Å². The smallest absolute Gasteiger partial charge is 0.178 e. The fourth-order valence-corrected chi connectivity index (χ4v) is 2.48. The molecule has 21 heavy (non-hydrogen) atoms. The van der Waals surface area contributed by atoms with Crippen LogP contribution in [-0.4, -0.2) is 13.7 Å². The van der Waals surface area contributed by atoms with E-state index in [-0.39, 0.29) is 0 Å². The molecule has 0 atom stereocenters. The molecule has 0 unspecified atom stereocenters. The molecule has 0 bridgehead atoms. The average Bonchev–Trinajstić information content (AvgIpc) is 2.52. The first-order valence-corrected chi connectivity index (χ1v) is 7.48. The van der Waals surface area contributed by atoms with Gasteiger partial charge in [0.1, 0.15) is 6.07 Å². The van der Waals surface area contributed by atoms with E-state index in [1.807, 2.05) is 18.2 Å². The van der Waals surface area contributed by atoms with Gasteiger partial charge in [-0.2, -0.15) is 5.26 Å². The van der Waals surface area contributed by atoms with E-state index in [9.17, 15) is 5.26 Å². The van der Waals surface area contributed by atoms with Crippen LogP contribution in [0.15, 0.2) is 46.9 Å². The van der Waals surface area contributed by atoms with E-state index in [1.165, 1.54) is 5.56 Å². The lowest BCUT2D eigenvalue weighted by Crippen LogP contribution is -2.03. The van der Waals surface area contributed by atoms with E-state index in [4.69, 9.17) is 9.47 Å². The van der Waals surface area contributed by atoms with E-state index in [1.54, 1.807) is 19.2 Å². The largest absolute Gasteiger partial charge is 0.493 e. The monoisotopic (exact) mass is 345 g/mol. The third-order valence-corrected chi connectivity index (χ3v) is 3.52. The summed E-state index contributed by atoms with van der Waals surface area (Å²) in [5.74, 6) is 1.08. The van der Waals surface area contributed by atoms with Gasteiger partial charge in [0.05, 0.1) is 19.3 Å². The van der Waals surface area contributed by atoms with Crippen molar-refractivity contribution in [3.05, 3.63) is 58.1 Å². The second kappa shape index (κ2) is 7.70. The van der Waals surface area contributed by atoms with Crippen molar-refractivity contribution in [2.75, 3.05) is 13.7 Å². The zero-order valence-electron chi connectivity index (χ0n) is 11.8. The summed E-state index contributed by atoms with van der Waals surface area (Å²) in [6.07, 6.45) is 1.83. The Labute approximate surface area is 133 Å². The topological polar surface area (TPSA) is 42.2 Å². The van der Waals surface area contributed by atoms with Gasteiger partial charge in [0.15, 0.2) is 11.5 Å². The first-order valence-electron chi connectivity index (χ1n) is 6.69. The van der Waals surface area contributed by atoms with Crippen LogP contribution in [0.2, 0.25) is 0 Å². The van der Waals surface area contributed by atoms with Crippen molar-refractivity contribution < 1.29 is 9.47 Å². The van der Waals surface area contributed by atoms with Gasteiger partial charge >= 0.3 is 0 Å². The Bertz CT molecular complexity index is 635. The summed E-state index contributed by atoms with van der Waals surface area (Å²) in [6.45, 7) is 0.543. The van der Waals surface area contributed by atoms with Crippen LogP contribution >= 0.6 is 15.9 Å². The van der Waals surface area contributed by atoms with Crippen LogP contribution in [-0.2, 0) is 6.42 Å². The summed E-state index contributed by atoms with van der Waals surface area (Å²) < 4.78 is 11.8. The van der Waals surface area contributed by atoms with Gasteiger partial charge in [-0.1, -0.05) is 46.3 Å². The maximum Gasteiger partial charge on any atom is 0.178 e. The first kappa shape index (κ1) is 15.4. The number of rotatable bonds is 6. The molecule has 0 heterocycles. The minimum Gasteiger partial charge on any atom is -0.493 e. The number of hydrogen-bond acceptors (Lipinski definition) is 3. The number of hydrogen-bond donors (Lipinski definition) is 0. The van der Waals surface area contributed by atoms with Crippen molar-refractivity contribution >= 4 is 15.9 Å². The molecule has 2 aromatic carbocycles. The van der Waals surface area contributed by atoms with E-state index < -0.39 is 0 Å². The van der Waals surface area contributed by atoms with Gasteiger partial charge in [-0.05, 0) is 30.5 Å². The predicted octanol–water partition coefficient (Wildman–Crippen LogP) is 4.34. The highest BCUT2D eigenvalue weighted by Gasteiger charge is 2.12. The molecule has 108 valence electrons. The number of ether oxygens (including phenoxy) is 2. The van der Waals surface area contributed by atoms with Gasteiger partial charge in [-0.15, -0.1) is 0 Å². The standard InChI is InChI=1S/C17H16BrNO2/c1-20-16-11-15(18)10-14(12-19)17(16)21-9-5-8-13-6-3-2-4-7-13/h2-4,6-7,10-11H,5,8-9H2,1H3. The zero-order chi connectivity index (χ0) is 15.1. The Morgan fingerprint density at radius 3 is 2.62 bits per heavy atom. The minimum absolute atomic E-state index is 0.473. The van der Waals surface area contributed by atoms with Gasteiger partial charge in [-0.3, -0.25) is 0 Å². The normalized spacial score (nSPS) is 9.95. The molecule has 2 rings (SSSR count). The van der Waals surface area contributed by atoms with Crippen molar-refractivity contribution in [1.29, 1.82) is 5.26 Å². The van der Waals surface area contributed by atoms with Crippen molar-refractivity contribution in [2.24, 2.45) is 0 Å². The predicted molar refractivity (Wildman–Crippen MR) is 85.7 cm³/mol. The Morgan fingerprint density at radius 2 is 1.95 bits per heavy atom. The Morgan fingerprint density at radius 1 is 1.19 bits per heavy atom. The second-order valence-electron chi connectivity index (χ2n) is 4.53. The molecule has 2 aromatic rings. The highest BCUT2D eigenvalue weighted by atomic mass is 79.9. The molecule has 3 nitrogen and oxygen atoms in total. The Balaban J connectivity index is 1.98. The number of aryl methyl sites for hydroxylation is 1. The van der Waals surface area contributed by atoms with Crippen LogP contribution < -0.4 is 9.47 Å². The van der Waals surface area contributed by atoms with Crippen molar-refractivity contribution in [3.63, 3.8) is 0 Å². The first-order chi connectivity index (χ1) is 10.2. The van der Waals surface area contributed by atoms with Gasteiger partial charge in [0.25, 0.3) is 0 Å². The summed E-state index contributed by atoms with van der Waals surface area (Å²) in [6, 6.07) is 15.9. The number of methoxy groups -OCH3 is 1. The van der Waals surface area contributed by atoms with Crippen LogP contribution in [0.4, 0.5) is 0 Å². The summed E-state index contributed by atoms with van der Waals surface area (Å²) >= 11 is 3.35. The molecule has 0 saturated heterocycles. The van der Waals surface area contributed by atoms with Crippen LogP contribution in [0.3, 0.4) is 0 Å². The van der Waals surface area contributed by atoms with Crippen LogP contribution in [0.25, 0.3) is 0 Å². The fraction of sp³-hybridized carbons (Fsp3) is 0.235. The second-order valence-corrected chi connectivity index (χ2v) is 5.45. The molecule has 0 N–H and O–H groups in total. The summed E-state index contributed by atoms with van der Waals surface area (Å²) in [4.78, 5) is 0. The molecule has 0 saturated carbocycles. The Kier molecular flexibility index (Phi) is 5.65. The van der Waals surface area contributed by atoms with Crippen LogP contribution in [0.1, 0.15) is 17.5 Å². The number of benzene rings is 2. The van der Waals surface area contributed by atoms with Crippen LogP contribution in [0.5, 0.6) is 11.5 Å². The molecular formula is C17H16BrNO2. The maximum atomic E-state index is 9.19. The van der Waals surface area contributed by atoms with Gasteiger partial charge in [0, 0.05) is 4.47 Å². The summed E-state index contributed by atoms with van der Waals surface area (Å²) in [5.41, 5.74) is 1.75. The molecule has 0 aliphatic rings. The maximum absolute atomic E-state index is 9.19. The molecule has 0 amide bonds. The van der Waals surface area contributed by atoms with Crippen LogP contribution in [0, 0.1) is 11.3 Å². The third kappa shape index (κ3) is 4.24. The quantitative estimate of drug-likeness (QED) is 0.731. The molecular weight excluding hydrogens is 330 g/mol. The zero-order valence-corrected chi connectivity index (χ0v) is 13.4. The number of nitrogens with zero attached hydrogens (tertiary/aromatic N) is 1. The van der Waals surface area contributed by atoms with Crippen molar-refractivity contribution in [1.82, 2.24) is 0 Å². The lowest BCUT2D eigenvalue weighted by atomic mass is 10.1. The van der Waals surface area contributed by atoms with Crippen molar-refractivity contribution in [2.45, 2.75) is 12.8 Å². The summed E-state index contributed by atoms with van der Waals surface area (Å²) in [5, 5.41) is 9.19. The van der Waals surface area contributed by atoms with Gasteiger partial charge < -0.3 is 9.47 Å². The fourth-order valence-electron chi connectivity index (χ4n) is 2.05. The highest BCUT2D eigenvalue weighted by molar-refractivity contribution is 9.10. The lowest BCUT2D eigenvalue weighted by molar-refractivity contribution is 0.288. The molecule has 0 spiro atoms. The number of nitriles is 1. The third-order valence-electron chi connectivity index (χ3n) is 3.06. The Hall–Kier alpha value is -1.99. The molecule has 0 radical (unpaired) electrons. The highest BCUT2D eigenvalue weighted by Crippen LogP contribution is 2.34. The lowest BCUT2D eigenvalue weighted by Gasteiger charge is -2.12. The average molecular weight is 346 g/mol. The van der Waals surface area contributed by atoms with E-state index in [2.05, 4.69) is 34.1 Å². The number of halogens is 1. The SMILES string of the molecule is COc1cc(Br)cc(C#N)c1OCCCc1ccccc1. The molecule has 0 aromatic heterocycles. The minimum atomic E-state index is 0.473. The summed E-state index contributed by atoms with van der Waals surface area (Å²) in [7, 11) is 1.57. The van der Waals surface area contributed by atoms with Gasteiger partial charge in [-0.25, -0.2) is 0 Å².